The Labute approximate surface area is 95.3 Å². The minimum absolute atomic E-state index is 0.000626. The number of hydrogen-bond donors (Lipinski definition) is 3. The van der Waals surface area contributed by atoms with Crippen LogP contribution in [-0.2, 0) is 9.59 Å². The van der Waals surface area contributed by atoms with Crippen molar-refractivity contribution in [1.82, 2.24) is 16.0 Å². The summed E-state index contributed by atoms with van der Waals surface area (Å²) in [5.74, 6) is 0.775. The Kier molecular flexibility index (Phi) is 3.77. The van der Waals surface area contributed by atoms with Crippen molar-refractivity contribution in [2.75, 3.05) is 19.6 Å². The summed E-state index contributed by atoms with van der Waals surface area (Å²) in [5, 5.41) is 8.50. The number of carbonyl (C=O) groups excluding carboxylic acids is 2. The molecule has 3 N–H and O–H groups in total. The molecule has 1 unspecified atom stereocenters. The number of hydrogen-bond acceptors (Lipinski definition) is 3. The molecule has 0 aromatic rings. The Hall–Kier alpha value is -1.10. The molecule has 0 bridgehead atoms. The van der Waals surface area contributed by atoms with E-state index in [2.05, 4.69) is 16.0 Å². The highest BCUT2D eigenvalue weighted by Gasteiger charge is 2.23. The van der Waals surface area contributed by atoms with Gasteiger partial charge < -0.3 is 10.6 Å². The lowest BCUT2D eigenvalue weighted by Crippen LogP contribution is -2.58. The summed E-state index contributed by atoms with van der Waals surface area (Å²) in [6.07, 6.45) is 5.06. The van der Waals surface area contributed by atoms with E-state index in [0.717, 1.165) is 18.9 Å². The van der Waals surface area contributed by atoms with E-state index in [1.165, 1.54) is 19.3 Å². The smallest absolute Gasteiger partial charge is 0.238 e. The molecular weight excluding hydrogens is 206 g/mol. The molecule has 1 saturated carbocycles. The first-order chi connectivity index (χ1) is 7.75. The van der Waals surface area contributed by atoms with Gasteiger partial charge >= 0.3 is 0 Å². The maximum absolute atomic E-state index is 11.7. The van der Waals surface area contributed by atoms with Gasteiger partial charge in [-0.25, -0.2) is 0 Å². The van der Waals surface area contributed by atoms with Gasteiger partial charge in [-0.05, 0) is 12.3 Å². The van der Waals surface area contributed by atoms with Gasteiger partial charge in [0.15, 0.2) is 0 Å². The second-order valence-electron chi connectivity index (χ2n) is 4.61. The van der Waals surface area contributed by atoms with Crippen LogP contribution in [0.25, 0.3) is 0 Å². The molecule has 0 spiro atoms. The third kappa shape index (κ3) is 2.95. The third-order valence-corrected chi connectivity index (χ3v) is 3.41. The van der Waals surface area contributed by atoms with Crippen molar-refractivity contribution < 1.29 is 9.59 Å². The molecular formula is C11H19N3O2. The lowest BCUT2D eigenvalue weighted by Gasteiger charge is -2.26. The summed E-state index contributed by atoms with van der Waals surface area (Å²) >= 11 is 0. The van der Waals surface area contributed by atoms with E-state index in [0.29, 0.717) is 6.54 Å². The number of piperazine rings is 1. The summed E-state index contributed by atoms with van der Waals surface area (Å²) < 4.78 is 0. The molecule has 1 saturated heterocycles. The quantitative estimate of drug-likeness (QED) is 0.597. The van der Waals surface area contributed by atoms with Gasteiger partial charge in [0.05, 0.1) is 6.54 Å². The molecule has 1 aliphatic carbocycles. The second kappa shape index (κ2) is 5.30. The highest BCUT2D eigenvalue weighted by molar-refractivity contribution is 5.86. The van der Waals surface area contributed by atoms with Gasteiger partial charge in [0.25, 0.3) is 0 Å². The maximum atomic E-state index is 11.7. The van der Waals surface area contributed by atoms with Crippen molar-refractivity contribution in [3.8, 4) is 0 Å². The SMILES string of the molecule is O=C1CNC(C(=O)NCCC2CCC2)CN1. The molecule has 0 aromatic heterocycles. The third-order valence-electron chi connectivity index (χ3n) is 3.41. The summed E-state index contributed by atoms with van der Waals surface area (Å²) in [5.41, 5.74) is 0. The van der Waals surface area contributed by atoms with E-state index in [1.54, 1.807) is 0 Å². The molecule has 5 nitrogen and oxygen atoms in total. The van der Waals surface area contributed by atoms with E-state index in [4.69, 9.17) is 0 Å². The predicted octanol–water partition coefficient (Wildman–Crippen LogP) is -0.619. The minimum Gasteiger partial charge on any atom is -0.355 e. The number of carbonyl (C=O) groups is 2. The average molecular weight is 225 g/mol. The maximum Gasteiger partial charge on any atom is 0.238 e. The van der Waals surface area contributed by atoms with Crippen LogP contribution in [0.3, 0.4) is 0 Å². The highest BCUT2D eigenvalue weighted by Crippen LogP contribution is 2.28. The van der Waals surface area contributed by atoms with E-state index in [1.807, 2.05) is 0 Å². The van der Waals surface area contributed by atoms with Gasteiger partial charge in [0.2, 0.25) is 11.8 Å². The lowest BCUT2D eigenvalue weighted by molar-refractivity contribution is -0.126. The van der Waals surface area contributed by atoms with Crippen LogP contribution in [-0.4, -0.2) is 37.5 Å². The molecule has 16 heavy (non-hydrogen) atoms. The van der Waals surface area contributed by atoms with Gasteiger partial charge in [-0.1, -0.05) is 19.3 Å². The molecule has 1 heterocycles. The van der Waals surface area contributed by atoms with Crippen molar-refractivity contribution in [2.45, 2.75) is 31.7 Å². The highest BCUT2D eigenvalue weighted by atomic mass is 16.2. The zero-order chi connectivity index (χ0) is 11.4. The molecule has 2 amide bonds. The number of amides is 2. The Balaban J connectivity index is 1.61. The lowest BCUT2D eigenvalue weighted by atomic mass is 9.83. The fraction of sp³-hybridized carbons (Fsp3) is 0.818. The molecule has 2 rings (SSSR count). The van der Waals surface area contributed by atoms with E-state index < -0.39 is 0 Å². The first-order valence-electron chi connectivity index (χ1n) is 6.03. The van der Waals surface area contributed by atoms with Crippen molar-refractivity contribution in [2.24, 2.45) is 5.92 Å². The van der Waals surface area contributed by atoms with E-state index in [9.17, 15) is 9.59 Å². The second-order valence-corrected chi connectivity index (χ2v) is 4.61. The molecule has 0 aromatic carbocycles. The van der Waals surface area contributed by atoms with Crippen LogP contribution in [0.4, 0.5) is 0 Å². The molecule has 90 valence electrons. The largest absolute Gasteiger partial charge is 0.355 e. The predicted molar refractivity (Wildman–Crippen MR) is 59.8 cm³/mol. The van der Waals surface area contributed by atoms with Gasteiger partial charge in [-0.3, -0.25) is 14.9 Å². The monoisotopic (exact) mass is 225 g/mol. The topological polar surface area (TPSA) is 70.2 Å². The van der Waals surface area contributed by atoms with Crippen LogP contribution in [0.15, 0.2) is 0 Å². The summed E-state index contributed by atoms with van der Waals surface area (Å²) in [6, 6.07) is -0.265. The fourth-order valence-corrected chi connectivity index (χ4v) is 2.06. The average Bonchev–Trinajstić information content (AvgIpc) is 2.22. The van der Waals surface area contributed by atoms with Gasteiger partial charge in [0, 0.05) is 13.1 Å². The Morgan fingerprint density at radius 2 is 2.25 bits per heavy atom. The van der Waals surface area contributed by atoms with Gasteiger partial charge in [-0.2, -0.15) is 0 Å². The number of rotatable bonds is 4. The van der Waals surface area contributed by atoms with E-state index in [-0.39, 0.29) is 24.4 Å². The van der Waals surface area contributed by atoms with Crippen LogP contribution in [0.1, 0.15) is 25.7 Å². The van der Waals surface area contributed by atoms with Crippen LogP contribution >= 0.6 is 0 Å². The molecule has 1 aliphatic heterocycles. The van der Waals surface area contributed by atoms with Crippen molar-refractivity contribution in [3.05, 3.63) is 0 Å². The first-order valence-corrected chi connectivity index (χ1v) is 6.03. The minimum atomic E-state index is -0.265. The van der Waals surface area contributed by atoms with Gasteiger partial charge in [0.1, 0.15) is 6.04 Å². The van der Waals surface area contributed by atoms with Crippen molar-refractivity contribution in [1.29, 1.82) is 0 Å². The Morgan fingerprint density at radius 1 is 1.44 bits per heavy atom. The Bertz CT molecular complexity index is 266. The Morgan fingerprint density at radius 3 is 2.81 bits per heavy atom. The molecule has 1 atom stereocenters. The molecule has 2 fully saturated rings. The molecule has 5 heteroatoms. The fourth-order valence-electron chi connectivity index (χ4n) is 2.06. The van der Waals surface area contributed by atoms with Crippen molar-refractivity contribution in [3.63, 3.8) is 0 Å². The number of nitrogens with one attached hydrogen (secondary N) is 3. The normalized spacial score (nSPS) is 25.8. The van der Waals surface area contributed by atoms with Crippen LogP contribution < -0.4 is 16.0 Å². The van der Waals surface area contributed by atoms with E-state index >= 15 is 0 Å². The molecule has 2 aliphatic rings. The zero-order valence-corrected chi connectivity index (χ0v) is 9.42. The summed E-state index contributed by atoms with van der Waals surface area (Å²) in [6.45, 7) is 1.39. The summed E-state index contributed by atoms with van der Waals surface area (Å²) in [7, 11) is 0. The van der Waals surface area contributed by atoms with Crippen LogP contribution in [0, 0.1) is 5.92 Å². The summed E-state index contributed by atoms with van der Waals surface area (Å²) in [4.78, 5) is 22.5. The first kappa shape index (κ1) is 11.4. The van der Waals surface area contributed by atoms with Crippen molar-refractivity contribution >= 4 is 11.8 Å². The molecule has 0 radical (unpaired) electrons. The zero-order valence-electron chi connectivity index (χ0n) is 9.42. The van der Waals surface area contributed by atoms with Gasteiger partial charge in [-0.15, -0.1) is 0 Å². The van der Waals surface area contributed by atoms with Crippen LogP contribution in [0.5, 0.6) is 0 Å². The van der Waals surface area contributed by atoms with Crippen LogP contribution in [0.2, 0.25) is 0 Å². The standard InChI is InChI=1S/C11H19N3O2/c15-10-7-13-9(6-14-10)11(16)12-5-4-8-2-1-3-8/h8-9,13H,1-7H2,(H,12,16)(H,14,15).